The molecule has 1 aromatic carbocycles. The van der Waals surface area contributed by atoms with E-state index in [-0.39, 0.29) is 12.1 Å². The molecule has 1 aliphatic rings. The van der Waals surface area contributed by atoms with Crippen molar-refractivity contribution in [3.05, 3.63) is 33.8 Å². The lowest BCUT2D eigenvalue weighted by Crippen LogP contribution is -2.23. The summed E-state index contributed by atoms with van der Waals surface area (Å²) in [6, 6.07) is 6.96. The lowest BCUT2D eigenvalue weighted by atomic mass is 9.89. The normalized spacial score (nSPS) is 20.4. The van der Waals surface area contributed by atoms with Crippen molar-refractivity contribution in [2.45, 2.75) is 25.3 Å². The smallest absolute Gasteiger partial charge is 0.281 e. The molecule has 2 rings (SSSR count). The molecule has 0 spiro atoms. The first kappa shape index (κ1) is 11.5. The highest BCUT2D eigenvalue weighted by molar-refractivity contribution is 9.10. The molecule has 1 atom stereocenters. The Balaban J connectivity index is 2.15. The van der Waals surface area contributed by atoms with Gasteiger partial charge in [0.1, 0.15) is 0 Å². The molecule has 0 aromatic heterocycles. The lowest BCUT2D eigenvalue weighted by Gasteiger charge is -2.22. The van der Waals surface area contributed by atoms with Crippen LogP contribution in [0.3, 0.4) is 0 Å². The van der Waals surface area contributed by atoms with E-state index >= 15 is 0 Å². The Morgan fingerprint density at radius 3 is 3.06 bits per heavy atom. The minimum atomic E-state index is 0.258. The Kier molecular flexibility index (Phi) is 3.49. The molecule has 86 valence electrons. The second-order valence-corrected chi connectivity index (χ2v) is 4.90. The summed E-state index contributed by atoms with van der Waals surface area (Å²) in [5.74, 6) is 0. The number of aliphatic imine (C=N–C) groups is 1. The van der Waals surface area contributed by atoms with E-state index in [1.807, 2.05) is 0 Å². The van der Waals surface area contributed by atoms with Gasteiger partial charge in [-0.1, -0.05) is 22.0 Å². The number of amidine groups is 1. The maximum Gasteiger partial charge on any atom is 0.281 e. The van der Waals surface area contributed by atoms with Crippen molar-refractivity contribution in [2.24, 2.45) is 10.7 Å². The molecule has 16 heavy (non-hydrogen) atoms. The fourth-order valence-corrected chi connectivity index (χ4v) is 2.46. The van der Waals surface area contributed by atoms with Crippen LogP contribution < -0.4 is 5.73 Å². The number of nitrogens with zero attached hydrogens (tertiary/aromatic N) is 1. The molecule has 0 radical (unpaired) electrons. The van der Waals surface area contributed by atoms with Gasteiger partial charge in [0.05, 0.1) is 13.2 Å². The third kappa shape index (κ3) is 2.55. The largest absolute Gasteiger partial charge is 0.469 e. The van der Waals surface area contributed by atoms with Crippen LogP contribution in [0.4, 0.5) is 0 Å². The highest BCUT2D eigenvalue weighted by Crippen LogP contribution is 2.26. The summed E-state index contributed by atoms with van der Waals surface area (Å²) in [5.41, 5.74) is 8.35. The summed E-state index contributed by atoms with van der Waals surface area (Å²) in [7, 11) is 1.55. The quantitative estimate of drug-likeness (QED) is 0.635. The van der Waals surface area contributed by atoms with Gasteiger partial charge in [0.25, 0.3) is 6.02 Å². The van der Waals surface area contributed by atoms with Gasteiger partial charge >= 0.3 is 0 Å². The van der Waals surface area contributed by atoms with Gasteiger partial charge in [-0.3, -0.25) is 0 Å². The van der Waals surface area contributed by atoms with Gasteiger partial charge in [0.15, 0.2) is 0 Å². The minimum Gasteiger partial charge on any atom is -0.469 e. The Hall–Kier alpha value is -1.03. The van der Waals surface area contributed by atoms with E-state index in [4.69, 9.17) is 10.5 Å². The average Bonchev–Trinajstić information content (AvgIpc) is 2.29. The number of rotatable bonds is 1. The summed E-state index contributed by atoms with van der Waals surface area (Å²) in [6.07, 6.45) is 3.04. The van der Waals surface area contributed by atoms with Crippen LogP contribution in [0.2, 0.25) is 0 Å². The van der Waals surface area contributed by atoms with E-state index in [9.17, 15) is 0 Å². The molecule has 0 fully saturated rings. The molecule has 2 N–H and O–H groups in total. The molecule has 0 amide bonds. The molecular formula is C12H15BrN2O. The van der Waals surface area contributed by atoms with Gasteiger partial charge in [-0.05, 0) is 42.5 Å². The monoisotopic (exact) mass is 282 g/mol. The van der Waals surface area contributed by atoms with Crippen LogP contribution in [0.5, 0.6) is 0 Å². The van der Waals surface area contributed by atoms with Gasteiger partial charge < -0.3 is 10.5 Å². The maximum atomic E-state index is 5.57. The van der Waals surface area contributed by atoms with Crippen LogP contribution in [0.25, 0.3) is 0 Å². The Morgan fingerprint density at radius 1 is 1.50 bits per heavy atom. The highest BCUT2D eigenvalue weighted by atomic mass is 79.9. The molecular weight excluding hydrogens is 268 g/mol. The second kappa shape index (κ2) is 4.87. The van der Waals surface area contributed by atoms with Crippen LogP contribution in [-0.4, -0.2) is 19.2 Å². The van der Waals surface area contributed by atoms with Crippen molar-refractivity contribution in [3.63, 3.8) is 0 Å². The first-order valence-corrected chi connectivity index (χ1v) is 6.13. The minimum absolute atomic E-state index is 0.258. The van der Waals surface area contributed by atoms with E-state index in [2.05, 4.69) is 39.1 Å². The number of methoxy groups -OCH3 is 1. The molecule has 0 saturated heterocycles. The first-order chi connectivity index (χ1) is 7.69. The third-order valence-electron chi connectivity index (χ3n) is 2.89. The molecule has 0 heterocycles. The average molecular weight is 283 g/mol. The molecule has 1 aliphatic carbocycles. The van der Waals surface area contributed by atoms with Crippen LogP contribution in [0.1, 0.15) is 17.5 Å². The van der Waals surface area contributed by atoms with Gasteiger partial charge in [-0.2, -0.15) is 0 Å². The van der Waals surface area contributed by atoms with Crippen molar-refractivity contribution < 1.29 is 4.74 Å². The number of ether oxygens (including phenoxy) is 1. The van der Waals surface area contributed by atoms with E-state index in [1.54, 1.807) is 7.11 Å². The molecule has 0 saturated carbocycles. The van der Waals surface area contributed by atoms with Crippen molar-refractivity contribution >= 4 is 22.0 Å². The fourth-order valence-electron chi connectivity index (χ4n) is 2.05. The number of hydrogen-bond donors (Lipinski definition) is 1. The summed E-state index contributed by atoms with van der Waals surface area (Å²) in [5, 5.41) is 0. The number of aryl methyl sites for hydroxylation is 1. The fraction of sp³-hybridized carbons (Fsp3) is 0.417. The zero-order valence-electron chi connectivity index (χ0n) is 9.24. The topological polar surface area (TPSA) is 47.6 Å². The molecule has 3 nitrogen and oxygen atoms in total. The summed E-state index contributed by atoms with van der Waals surface area (Å²) >= 11 is 3.49. The van der Waals surface area contributed by atoms with E-state index in [0.29, 0.717) is 0 Å². The van der Waals surface area contributed by atoms with Crippen molar-refractivity contribution in [3.8, 4) is 0 Å². The number of hydrogen-bond acceptors (Lipinski definition) is 2. The molecule has 1 aromatic rings. The summed E-state index contributed by atoms with van der Waals surface area (Å²) in [6.45, 7) is 0. The third-order valence-corrected chi connectivity index (χ3v) is 3.38. The molecule has 0 bridgehead atoms. The highest BCUT2D eigenvalue weighted by Gasteiger charge is 2.18. The van der Waals surface area contributed by atoms with Crippen LogP contribution in [0, 0.1) is 0 Å². The SMILES string of the molecule is COC(N)=NC1CCc2cc(Br)ccc2C1. The van der Waals surface area contributed by atoms with Crippen LogP contribution >= 0.6 is 15.9 Å². The molecule has 4 heteroatoms. The van der Waals surface area contributed by atoms with Crippen LogP contribution in [-0.2, 0) is 17.6 Å². The van der Waals surface area contributed by atoms with Crippen LogP contribution in [0.15, 0.2) is 27.7 Å². The van der Waals surface area contributed by atoms with E-state index in [1.165, 1.54) is 11.1 Å². The van der Waals surface area contributed by atoms with Gasteiger partial charge in [0, 0.05) is 4.47 Å². The lowest BCUT2D eigenvalue weighted by molar-refractivity contribution is 0.387. The standard InChI is InChI=1S/C12H15BrN2O/c1-16-12(14)15-11-5-3-8-6-10(13)4-2-9(8)7-11/h2,4,6,11H,3,5,7H2,1H3,(H2,14,15). The maximum absolute atomic E-state index is 5.57. The van der Waals surface area contributed by atoms with Crippen molar-refractivity contribution in [2.75, 3.05) is 7.11 Å². The Labute approximate surface area is 104 Å². The van der Waals surface area contributed by atoms with E-state index < -0.39 is 0 Å². The first-order valence-electron chi connectivity index (χ1n) is 5.33. The number of benzene rings is 1. The zero-order chi connectivity index (χ0) is 11.5. The van der Waals surface area contributed by atoms with Gasteiger partial charge in [0.2, 0.25) is 0 Å². The predicted octanol–water partition coefficient (Wildman–Crippen LogP) is 2.27. The van der Waals surface area contributed by atoms with Crippen molar-refractivity contribution in [1.29, 1.82) is 0 Å². The number of halogens is 1. The van der Waals surface area contributed by atoms with E-state index in [0.717, 1.165) is 23.7 Å². The zero-order valence-corrected chi connectivity index (χ0v) is 10.8. The van der Waals surface area contributed by atoms with Gasteiger partial charge in [-0.25, -0.2) is 4.99 Å². The Bertz CT molecular complexity index is 417. The summed E-state index contributed by atoms with van der Waals surface area (Å²) in [4.78, 5) is 4.34. The second-order valence-electron chi connectivity index (χ2n) is 3.98. The number of nitrogens with two attached hydrogens (primary N) is 1. The van der Waals surface area contributed by atoms with Crippen molar-refractivity contribution in [1.82, 2.24) is 0 Å². The summed E-state index contributed by atoms with van der Waals surface area (Å²) < 4.78 is 6.02. The predicted molar refractivity (Wildman–Crippen MR) is 68.6 cm³/mol. The Morgan fingerprint density at radius 2 is 2.31 bits per heavy atom. The molecule has 1 unspecified atom stereocenters. The van der Waals surface area contributed by atoms with Gasteiger partial charge in [-0.15, -0.1) is 0 Å². The number of fused-ring (bicyclic) bond motifs is 1. The molecule has 0 aliphatic heterocycles.